The van der Waals surface area contributed by atoms with Crippen molar-refractivity contribution >= 4 is 21.9 Å². The predicted octanol–water partition coefficient (Wildman–Crippen LogP) is 1.20. The maximum Gasteiger partial charge on any atom is 0.335 e. The van der Waals surface area contributed by atoms with E-state index in [1.807, 2.05) is 0 Å². The van der Waals surface area contributed by atoms with Gasteiger partial charge in [-0.2, -0.15) is 0 Å². The van der Waals surface area contributed by atoms with Gasteiger partial charge in [0.1, 0.15) is 5.75 Å². The Bertz CT molecular complexity index is 409. The number of rotatable bonds is 4. The molecule has 16 heavy (non-hydrogen) atoms. The minimum atomic E-state index is -1.07. The summed E-state index contributed by atoms with van der Waals surface area (Å²) in [5.41, 5.74) is 11.6. The topological polar surface area (TPSA) is 110 Å². The lowest BCUT2D eigenvalue weighted by molar-refractivity contribution is 0.0696. The first-order valence-corrected chi connectivity index (χ1v) is 5.48. The van der Waals surface area contributed by atoms with Crippen molar-refractivity contribution in [1.82, 2.24) is 0 Å². The number of phenolic OH excluding ortho intramolecular Hbond substituents is 1. The molecule has 0 bridgehead atoms. The van der Waals surface area contributed by atoms with E-state index in [0.717, 1.165) is 0 Å². The van der Waals surface area contributed by atoms with Crippen LogP contribution in [0.3, 0.4) is 0 Å². The summed E-state index contributed by atoms with van der Waals surface area (Å²) in [6.45, 7) is 0.371. The SMILES string of the molecule is NCC[C@@H](N)c1cc(C(=O)O)cc(Br)c1O. The van der Waals surface area contributed by atoms with Crippen LogP contribution in [0.25, 0.3) is 0 Å². The molecule has 6 heteroatoms. The lowest BCUT2D eigenvalue weighted by atomic mass is 10.0. The Hall–Kier alpha value is -1.11. The zero-order valence-corrected chi connectivity index (χ0v) is 10.1. The summed E-state index contributed by atoms with van der Waals surface area (Å²) < 4.78 is 0.315. The molecule has 0 aliphatic heterocycles. The highest BCUT2D eigenvalue weighted by Crippen LogP contribution is 2.33. The first-order valence-electron chi connectivity index (χ1n) is 4.68. The molecule has 0 aromatic heterocycles. The number of halogens is 1. The largest absolute Gasteiger partial charge is 0.506 e. The summed E-state index contributed by atoms with van der Waals surface area (Å²) in [7, 11) is 0. The van der Waals surface area contributed by atoms with Gasteiger partial charge in [-0.3, -0.25) is 0 Å². The molecule has 0 aliphatic rings. The summed E-state index contributed by atoms with van der Waals surface area (Å²) in [5, 5.41) is 18.6. The number of hydrogen-bond acceptors (Lipinski definition) is 4. The first-order chi connectivity index (χ1) is 7.47. The fourth-order valence-electron chi connectivity index (χ4n) is 1.36. The third-order valence-electron chi connectivity index (χ3n) is 2.22. The number of hydrogen-bond donors (Lipinski definition) is 4. The second kappa shape index (κ2) is 5.29. The van der Waals surface area contributed by atoms with Gasteiger partial charge in [0.15, 0.2) is 0 Å². The molecular formula is C10H13BrN2O3. The molecule has 0 radical (unpaired) electrons. The Balaban J connectivity index is 3.21. The van der Waals surface area contributed by atoms with E-state index in [1.54, 1.807) is 0 Å². The maximum absolute atomic E-state index is 10.8. The normalized spacial score (nSPS) is 12.4. The Kier molecular flexibility index (Phi) is 4.28. The van der Waals surface area contributed by atoms with Gasteiger partial charge in [-0.05, 0) is 41.0 Å². The molecule has 0 heterocycles. The number of phenols is 1. The summed E-state index contributed by atoms with van der Waals surface area (Å²) in [4.78, 5) is 10.8. The number of nitrogens with two attached hydrogens (primary N) is 2. The molecule has 0 unspecified atom stereocenters. The fourth-order valence-corrected chi connectivity index (χ4v) is 1.84. The van der Waals surface area contributed by atoms with Crippen molar-refractivity contribution < 1.29 is 15.0 Å². The standard InChI is InChI=1S/C10H13BrN2O3/c11-7-4-5(10(15)16)3-6(9(7)14)8(13)1-2-12/h3-4,8,14H,1-2,12-13H2,(H,15,16)/t8-/m1/s1. The number of carbonyl (C=O) groups is 1. The Morgan fingerprint density at radius 3 is 2.62 bits per heavy atom. The zero-order valence-electron chi connectivity index (χ0n) is 8.48. The molecule has 0 saturated carbocycles. The Labute approximate surface area is 101 Å². The maximum atomic E-state index is 10.8. The van der Waals surface area contributed by atoms with Crippen LogP contribution in [0, 0.1) is 0 Å². The number of carboxylic acids is 1. The monoisotopic (exact) mass is 288 g/mol. The quantitative estimate of drug-likeness (QED) is 0.666. The Morgan fingerprint density at radius 2 is 2.12 bits per heavy atom. The molecule has 88 valence electrons. The van der Waals surface area contributed by atoms with Gasteiger partial charge in [0.25, 0.3) is 0 Å². The minimum Gasteiger partial charge on any atom is -0.506 e. The molecular weight excluding hydrogens is 276 g/mol. The van der Waals surface area contributed by atoms with Gasteiger partial charge in [-0.25, -0.2) is 4.79 Å². The fraction of sp³-hybridized carbons (Fsp3) is 0.300. The second-order valence-electron chi connectivity index (χ2n) is 3.38. The molecule has 0 spiro atoms. The van der Waals surface area contributed by atoms with E-state index in [2.05, 4.69) is 15.9 Å². The molecule has 0 aliphatic carbocycles. The van der Waals surface area contributed by atoms with Crippen LogP contribution in [-0.2, 0) is 0 Å². The highest BCUT2D eigenvalue weighted by Gasteiger charge is 2.16. The van der Waals surface area contributed by atoms with Crippen molar-refractivity contribution in [2.45, 2.75) is 12.5 Å². The summed E-state index contributed by atoms with van der Waals surface area (Å²) in [5.74, 6) is -1.10. The molecule has 1 aromatic rings. The van der Waals surface area contributed by atoms with Crippen molar-refractivity contribution in [2.24, 2.45) is 11.5 Å². The summed E-state index contributed by atoms with van der Waals surface area (Å²) in [6, 6.07) is 2.22. The van der Waals surface area contributed by atoms with Crippen LogP contribution < -0.4 is 11.5 Å². The minimum absolute atomic E-state index is 0.0362. The molecule has 6 N–H and O–H groups in total. The van der Waals surface area contributed by atoms with Crippen LogP contribution in [0.15, 0.2) is 16.6 Å². The average molecular weight is 289 g/mol. The Morgan fingerprint density at radius 1 is 1.50 bits per heavy atom. The van der Waals surface area contributed by atoms with E-state index < -0.39 is 12.0 Å². The van der Waals surface area contributed by atoms with E-state index in [0.29, 0.717) is 23.0 Å². The van der Waals surface area contributed by atoms with E-state index in [1.165, 1.54) is 12.1 Å². The van der Waals surface area contributed by atoms with Gasteiger partial charge in [0.05, 0.1) is 10.0 Å². The van der Waals surface area contributed by atoms with Crippen molar-refractivity contribution in [3.05, 3.63) is 27.7 Å². The predicted molar refractivity (Wildman–Crippen MR) is 63.4 cm³/mol. The van der Waals surface area contributed by atoms with Crippen molar-refractivity contribution in [1.29, 1.82) is 0 Å². The van der Waals surface area contributed by atoms with Crippen LogP contribution in [0.2, 0.25) is 0 Å². The van der Waals surface area contributed by atoms with E-state index in [-0.39, 0.29) is 11.3 Å². The molecule has 0 amide bonds. The van der Waals surface area contributed by atoms with E-state index in [4.69, 9.17) is 16.6 Å². The van der Waals surface area contributed by atoms with Crippen LogP contribution in [0.1, 0.15) is 28.4 Å². The van der Waals surface area contributed by atoms with Crippen molar-refractivity contribution in [3.63, 3.8) is 0 Å². The van der Waals surface area contributed by atoms with Gasteiger partial charge in [0.2, 0.25) is 0 Å². The van der Waals surface area contributed by atoms with Crippen LogP contribution in [-0.4, -0.2) is 22.7 Å². The molecule has 1 aromatic carbocycles. The van der Waals surface area contributed by atoms with Gasteiger partial charge in [0, 0.05) is 11.6 Å². The molecule has 1 rings (SSSR count). The highest BCUT2D eigenvalue weighted by atomic mass is 79.9. The first kappa shape index (κ1) is 13.0. The van der Waals surface area contributed by atoms with E-state index in [9.17, 15) is 9.90 Å². The summed E-state index contributed by atoms with van der Waals surface area (Å²) >= 11 is 3.08. The number of carboxylic acid groups (broad SMARTS) is 1. The third-order valence-corrected chi connectivity index (χ3v) is 2.82. The van der Waals surface area contributed by atoms with Crippen LogP contribution >= 0.6 is 15.9 Å². The van der Waals surface area contributed by atoms with Crippen LogP contribution in [0.4, 0.5) is 0 Å². The van der Waals surface area contributed by atoms with Crippen molar-refractivity contribution in [3.8, 4) is 5.75 Å². The van der Waals surface area contributed by atoms with Gasteiger partial charge in [-0.1, -0.05) is 0 Å². The average Bonchev–Trinajstić information content (AvgIpc) is 2.21. The second-order valence-corrected chi connectivity index (χ2v) is 4.24. The lowest BCUT2D eigenvalue weighted by Gasteiger charge is -2.14. The van der Waals surface area contributed by atoms with Crippen LogP contribution in [0.5, 0.6) is 5.75 Å². The number of aromatic hydroxyl groups is 1. The highest BCUT2D eigenvalue weighted by molar-refractivity contribution is 9.10. The molecule has 5 nitrogen and oxygen atoms in total. The van der Waals surface area contributed by atoms with Gasteiger partial charge < -0.3 is 21.7 Å². The van der Waals surface area contributed by atoms with Gasteiger partial charge in [-0.15, -0.1) is 0 Å². The lowest BCUT2D eigenvalue weighted by Crippen LogP contribution is -2.16. The number of aromatic carboxylic acids is 1. The zero-order chi connectivity index (χ0) is 12.3. The number of benzene rings is 1. The van der Waals surface area contributed by atoms with Crippen molar-refractivity contribution in [2.75, 3.05) is 6.54 Å². The molecule has 0 fully saturated rings. The molecule has 0 saturated heterocycles. The summed E-state index contributed by atoms with van der Waals surface area (Å²) in [6.07, 6.45) is 0.475. The molecule has 1 atom stereocenters. The van der Waals surface area contributed by atoms with E-state index >= 15 is 0 Å². The third kappa shape index (κ3) is 2.72. The smallest absolute Gasteiger partial charge is 0.335 e. The van der Waals surface area contributed by atoms with Gasteiger partial charge >= 0.3 is 5.97 Å².